The lowest BCUT2D eigenvalue weighted by Crippen LogP contribution is -2.15. The van der Waals surface area contributed by atoms with Gasteiger partial charge in [0.25, 0.3) is 0 Å². The molecule has 196 valence electrons. The first-order valence-electron chi connectivity index (χ1n) is 11.2. The minimum absolute atomic E-state index is 0.0102. The van der Waals surface area contributed by atoms with Gasteiger partial charge in [0.05, 0.1) is 32.3 Å². The van der Waals surface area contributed by atoms with E-state index in [0.717, 1.165) is 6.08 Å². The van der Waals surface area contributed by atoms with E-state index in [1.165, 1.54) is 7.11 Å². The van der Waals surface area contributed by atoms with Gasteiger partial charge in [-0.1, -0.05) is 13.2 Å². The molecule has 0 amide bonds. The predicted octanol–water partition coefficient (Wildman–Crippen LogP) is 3.45. The van der Waals surface area contributed by atoms with Crippen molar-refractivity contribution in [2.45, 2.75) is 12.8 Å². The van der Waals surface area contributed by atoms with Crippen LogP contribution in [-0.4, -0.2) is 57.4 Å². The first-order chi connectivity index (χ1) is 17.8. The number of carbonyl (C=O) groups excluding carboxylic acids is 4. The molecule has 10 nitrogen and oxygen atoms in total. The van der Waals surface area contributed by atoms with Crippen LogP contribution < -0.4 is 14.2 Å². The fourth-order valence-electron chi connectivity index (χ4n) is 2.65. The molecule has 0 atom stereocenters. The molecule has 2 aromatic carbocycles. The summed E-state index contributed by atoms with van der Waals surface area (Å²) in [6, 6.07) is 12.8. The van der Waals surface area contributed by atoms with Crippen LogP contribution in [0.5, 0.6) is 17.2 Å². The maximum absolute atomic E-state index is 12.4. The number of benzene rings is 2. The Morgan fingerprint density at radius 3 is 2.00 bits per heavy atom. The van der Waals surface area contributed by atoms with Crippen LogP contribution in [0.2, 0.25) is 0 Å². The average Bonchev–Trinajstić information content (AvgIpc) is 2.91. The molecule has 0 aliphatic heterocycles. The Morgan fingerprint density at radius 1 is 0.784 bits per heavy atom. The van der Waals surface area contributed by atoms with Gasteiger partial charge in [-0.05, 0) is 48.5 Å². The maximum Gasteiger partial charge on any atom is 0.343 e. The molecule has 37 heavy (non-hydrogen) atoms. The number of hydrogen-bond acceptors (Lipinski definition) is 10. The zero-order valence-corrected chi connectivity index (χ0v) is 20.4. The van der Waals surface area contributed by atoms with Crippen LogP contribution >= 0.6 is 0 Å². The lowest BCUT2D eigenvalue weighted by Gasteiger charge is -2.10. The summed E-state index contributed by atoms with van der Waals surface area (Å²) >= 11 is 0. The molecule has 0 aromatic heterocycles. The van der Waals surface area contributed by atoms with Crippen molar-refractivity contribution in [2.75, 3.05) is 33.5 Å². The summed E-state index contributed by atoms with van der Waals surface area (Å²) in [6.07, 6.45) is 1.37. The van der Waals surface area contributed by atoms with Crippen LogP contribution in [-0.2, 0) is 28.6 Å². The van der Waals surface area contributed by atoms with Gasteiger partial charge in [0.15, 0.2) is 0 Å². The van der Waals surface area contributed by atoms with Gasteiger partial charge in [0, 0.05) is 18.1 Å². The number of hydrogen-bond donors (Lipinski definition) is 0. The van der Waals surface area contributed by atoms with Crippen molar-refractivity contribution in [2.24, 2.45) is 0 Å². The molecule has 10 heteroatoms. The SMILES string of the molecule is C=CC(=O)OCCCOc1ccc(C(=O)Oc2ccc(OCCOC(=O)C(=C)CC(=O)OC)cc2)cc1. The molecule has 0 fully saturated rings. The van der Waals surface area contributed by atoms with Gasteiger partial charge in [-0.3, -0.25) is 4.79 Å². The quantitative estimate of drug-likeness (QED) is 0.115. The summed E-state index contributed by atoms with van der Waals surface area (Å²) in [5.41, 5.74) is 0.326. The summed E-state index contributed by atoms with van der Waals surface area (Å²) in [5.74, 6) is -0.959. The molecule has 0 aliphatic carbocycles. The average molecular weight is 513 g/mol. The lowest BCUT2D eigenvalue weighted by atomic mass is 10.2. The zero-order valence-electron chi connectivity index (χ0n) is 20.4. The molecule has 2 aromatic rings. The van der Waals surface area contributed by atoms with E-state index in [2.05, 4.69) is 17.9 Å². The predicted molar refractivity (Wildman–Crippen MR) is 131 cm³/mol. The second-order valence-corrected chi connectivity index (χ2v) is 7.30. The molecule has 2 rings (SSSR count). The highest BCUT2D eigenvalue weighted by molar-refractivity contribution is 5.93. The van der Waals surface area contributed by atoms with Crippen molar-refractivity contribution in [1.29, 1.82) is 0 Å². The number of esters is 4. The first kappa shape index (κ1) is 28.6. The smallest absolute Gasteiger partial charge is 0.343 e. The molecule has 0 unspecified atom stereocenters. The van der Waals surface area contributed by atoms with Crippen molar-refractivity contribution in [3.05, 3.63) is 78.9 Å². The molecule has 0 saturated heterocycles. The topological polar surface area (TPSA) is 124 Å². The van der Waals surface area contributed by atoms with Gasteiger partial charge in [0.2, 0.25) is 0 Å². The van der Waals surface area contributed by atoms with Crippen LogP contribution in [0.15, 0.2) is 73.3 Å². The highest BCUT2D eigenvalue weighted by Gasteiger charge is 2.13. The minimum Gasteiger partial charge on any atom is -0.493 e. The number of carbonyl (C=O) groups is 4. The standard InChI is InChI=1S/C27H28O10/c1-4-24(28)35-15-5-14-33-21-8-6-20(7-9-21)27(31)37-23-12-10-22(11-13-23)34-16-17-36-26(30)19(2)18-25(29)32-3/h4,6-13H,1-2,5,14-18H2,3H3. The Morgan fingerprint density at radius 2 is 1.38 bits per heavy atom. The summed E-state index contributed by atoms with van der Waals surface area (Å²) in [5, 5.41) is 0. The van der Waals surface area contributed by atoms with Gasteiger partial charge < -0.3 is 28.4 Å². The Hall–Kier alpha value is -4.60. The molecule has 0 heterocycles. The summed E-state index contributed by atoms with van der Waals surface area (Å²) < 4.78 is 30.7. The highest BCUT2D eigenvalue weighted by atomic mass is 16.6. The van der Waals surface area contributed by atoms with Crippen LogP contribution in [0.4, 0.5) is 0 Å². The third-order valence-electron chi connectivity index (χ3n) is 4.55. The molecular formula is C27H28O10. The second kappa shape index (κ2) is 15.4. The molecule has 0 saturated carbocycles. The third kappa shape index (κ3) is 10.7. The summed E-state index contributed by atoms with van der Waals surface area (Å²) in [4.78, 5) is 46.2. The Labute approximate surface area is 214 Å². The third-order valence-corrected chi connectivity index (χ3v) is 4.55. The van der Waals surface area contributed by atoms with Crippen molar-refractivity contribution in [3.8, 4) is 17.2 Å². The van der Waals surface area contributed by atoms with E-state index in [1.807, 2.05) is 0 Å². The van der Waals surface area contributed by atoms with Gasteiger partial charge in [0.1, 0.15) is 30.5 Å². The lowest BCUT2D eigenvalue weighted by molar-refractivity contribution is -0.144. The monoisotopic (exact) mass is 512 g/mol. The molecule has 0 spiro atoms. The second-order valence-electron chi connectivity index (χ2n) is 7.30. The Balaban J connectivity index is 1.70. The fraction of sp³-hybridized carbons (Fsp3) is 0.259. The highest BCUT2D eigenvalue weighted by Crippen LogP contribution is 2.20. The van der Waals surface area contributed by atoms with Crippen LogP contribution in [0.3, 0.4) is 0 Å². The number of methoxy groups -OCH3 is 1. The molecule has 0 aliphatic rings. The zero-order chi connectivity index (χ0) is 27.0. The van der Waals surface area contributed by atoms with E-state index in [9.17, 15) is 19.2 Å². The first-order valence-corrected chi connectivity index (χ1v) is 11.2. The maximum atomic E-state index is 12.4. The van der Waals surface area contributed by atoms with Crippen molar-refractivity contribution in [3.63, 3.8) is 0 Å². The van der Waals surface area contributed by atoms with E-state index in [1.54, 1.807) is 48.5 Å². The van der Waals surface area contributed by atoms with Crippen LogP contribution in [0.25, 0.3) is 0 Å². The molecule has 0 bridgehead atoms. The van der Waals surface area contributed by atoms with E-state index in [0.29, 0.717) is 35.8 Å². The van der Waals surface area contributed by atoms with Gasteiger partial charge in [-0.25, -0.2) is 14.4 Å². The van der Waals surface area contributed by atoms with Crippen LogP contribution in [0.1, 0.15) is 23.2 Å². The van der Waals surface area contributed by atoms with Crippen molar-refractivity contribution in [1.82, 2.24) is 0 Å². The van der Waals surface area contributed by atoms with E-state index >= 15 is 0 Å². The van der Waals surface area contributed by atoms with Crippen molar-refractivity contribution >= 4 is 23.9 Å². The largest absolute Gasteiger partial charge is 0.493 e. The summed E-state index contributed by atoms with van der Waals surface area (Å²) in [6.45, 7) is 7.40. The Kier molecular flexibility index (Phi) is 11.9. The minimum atomic E-state index is -0.706. The van der Waals surface area contributed by atoms with Crippen LogP contribution in [0, 0.1) is 0 Å². The molecule has 0 radical (unpaired) electrons. The Bertz CT molecular complexity index is 1090. The normalized spacial score (nSPS) is 9.97. The van der Waals surface area contributed by atoms with Gasteiger partial charge in [-0.2, -0.15) is 0 Å². The van der Waals surface area contributed by atoms with Gasteiger partial charge >= 0.3 is 23.9 Å². The van der Waals surface area contributed by atoms with Gasteiger partial charge in [-0.15, -0.1) is 0 Å². The molecule has 0 N–H and O–H groups in total. The van der Waals surface area contributed by atoms with E-state index in [-0.39, 0.29) is 31.8 Å². The number of ether oxygens (including phenoxy) is 6. The van der Waals surface area contributed by atoms with E-state index < -0.39 is 23.9 Å². The molecular weight excluding hydrogens is 484 g/mol. The van der Waals surface area contributed by atoms with Crippen molar-refractivity contribution < 1.29 is 47.6 Å². The fourth-order valence-corrected chi connectivity index (χ4v) is 2.65. The summed E-state index contributed by atoms with van der Waals surface area (Å²) in [7, 11) is 1.22. The number of rotatable bonds is 15. The van der Waals surface area contributed by atoms with E-state index in [4.69, 9.17) is 23.7 Å².